The number of carbonyl (C=O) groups is 1. The number of nitrogens with two attached hydrogens (primary N) is 1. The van der Waals surface area contributed by atoms with Crippen molar-refractivity contribution in [2.45, 2.75) is 76.6 Å². The Balaban J connectivity index is 1.49. The first-order chi connectivity index (χ1) is 18.2. The number of likely N-dealkylation sites (tertiary alicyclic amines) is 1. The highest BCUT2D eigenvalue weighted by molar-refractivity contribution is 5.94. The lowest BCUT2D eigenvalue weighted by Crippen LogP contribution is -2.38. The Labute approximate surface area is 219 Å². The molecule has 0 unspecified atom stereocenters. The van der Waals surface area contributed by atoms with Crippen molar-refractivity contribution in [3.63, 3.8) is 0 Å². The minimum atomic E-state index is -4.61. The Kier molecular flexibility index (Phi) is 8.91. The lowest BCUT2D eigenvalue weighted by atomic mass is 9.87. The Morgan fingerprint density at radius 3 is 2.71 bits per heavy atom. The molecular formula is C26H34F3N5O4. The fourth-order valence-electron chi connectivity index (χ4n) is 4.98. The van der Waals surface area contributed by atoms with Crippen LogP contribution < -0.4 is 10.5 Å². The lowest BCUT2D eigenvalue weighted by molar-refractivity contribution is -0.139. The smallest absolute Gasteiger partial charge is 0.419 e. The van der Waals surface area contributed by atoms with Crippen LogP contribution in [0, 0.1) is 5.92 Å². The molecule has 2 fully saturated rings. The average Bonchev–Trinajstić information content (AvgIpc) is 3.58. The van der Waals surface area contributed by atoms with Gasteiger partial charge in [0.15, 0.2) is 5.96 Å². The molecule has 4 rings (SSSR count). The van der Waals surface area contributed by atoms with E-state index in [1.807, 2.05) is 0 Å². The van der Waals surface area contributed by atoms with Crippen LogP contribution in [-0.4, -0.2) is 53.3 Å². The molecule has 208 valence electrons. The molecule has 9 nitrogen and oxygen atoms in total. The van der Waals surface area contributed by atoms with E-state index in [2.05, 4.69) is 15.1 Å². The number of halogens is 3. The molecule has 0 bridgehead atoms. The van der Waals surface area contributed by atoms with Crippen molar-refractivity contribution in [2.24, 2.45) is 16.6 Å². The summed E-state index contributed by atoms with van der Waals surface area (Å²) in [6.45, 7) is 2.32. The van der Waals surface area contributed by atoms with E-state index < -0.39 is 29.8 Å². The molecule has 38 heavy (non-hydrogen) atoms. The molecule has 2 aliphatic rings. The Morgan fingerprint density at radius 2 is 2.00 bits per heavy atom. The van der Waals surface area contributed by atoms with Crippen LogP contribution in [0.3, 0.4) is 0 Å². The number of benzene rings is 1. The highest BCUT2D eigenvalue weighted by atomic mass is 19.4. The second kappa shape index (κ2) is 12.1. The Hall–Kier alpha value is -3.15. The van der Waals surface area contributed by atoms with Gasteiger partial charge >= 0.3 is 6.18 Å². The van der Waals surface area contributed by atoms with Crippen LogP contribution in [-0.2, 0) is 15.7 Å². The predicted octanol–water partition coefficient (Wildman–Crippen LogP) is 5.12. The maximum Gasteiger partial charge on any atom is 0.419 e. The molecule has 1 aliphatic carbocycles. The fourth-order valence-corrected chi connectivity index (χ4v) is 4.98. The number of carbonyl (C=O) groups excluding carboxylic acids is 1. The molecule has 1 saturated carbocycles. The Morgan fingerprint density at radius 1 is 1.24 bits per heavy atom. The molecule has 2 atom stereocenters. The standard InChI is InChI=1S/C26H34F3N5O4/c1-16(36-2)23(35)32-25(30)34-13-6-9-20(34)24-31-22(33-38-24)18-10-11-21(19(15-18)26(27,28)29)37-14-12-17-7-4-3-5-8-17/h10-11,15-17,20H,3-9,12-14H2,1-2H3,(H2,30,32,35)/t16-,20-/m0/s1. The SMILES string of the molecule is CO[C@@H](C)C(=O)N=C(N)N1CCC[C@H]1c1nc(-c2ccc(OCCC3CCCCC3)c(C(F)(F)F)c2)no1. The van der Waals surface area contributed by atoms with Crippen molar-refractivity contribution in [3.8, 4) is 17.1 Å². The summed E-state index contributed by atoms with van der Waals surface area (Å²) in [7, 11) is 1.40. The number of methoxy groups -OCH3 is 1. The molecule has 2 N–H and O–H groups in total. The summed E-state index contributed by atoms with van der Waals surface area (Å²) in [4.78, 5) is 22.0. The summed E-state index contributed by atoms with van der Waals surface area (Å²) in [5.41, 5.74) is 5.34. The number of hydrogen-bond donors (Lipinski definition) is 1. The van der Waals surface area contributed by atoms with Crippen molar-refractivity contribution in [1.29, 1.82) is 0 Å². The van der Waals surface area contributed by atoms with Crippen molar-refractivity contribution >= 4 is 11.9 Å². The van der Waals surface area contributed by atoms with Gasteiger partial charge in [0.1, 0.15) is 17.9 Å². The molecule has 0 spiro atoms. The van der Waals surface area contributed by atoms with Crippen molar-refractivity contribution < 1.29 is 32.0 Å². The van der Waals surface area contributed by atoms with Gasteiger partial charge < -0.3 is 24.6 Å². The van der Waals surface area contributed by atoms with Crippen LogP contribution in [0.4, 0.5) is 13.2 Å². The lowest BCUT2D eigenvalue weighted by Gasteiger charge is -2.22. The van der Waals surface area contributed by atoms with E-state index in [1.165, 1.54) is 38.5 Å². The maximum absolute atomic E-state index is 13.9. The number of aromatic nitrogens is 2. The summed E-state index contributed by atoms with van der Waals surface area (Å²) in [5, 5.41) is 3.91. The maximum atomic E-state index is 13.9. The summed E-state index contributed by atoms with van der Waals surface area (Å²) in [6, 6.07) is 3.34. The zero-order valence-electron chi connectivity index (χ0n) is 21.7. The van der Waals surface area contributed by atoms with Crippen LogP contribution in [0.15, 0.2) is 27.7 Å². The van der Waals surface area contributed by atoms with Gasteiger partial charge in [-0.1, -0.05) is 37.3 Å². The van der Waals surface area contributed by atoms with Gasteiger partial charge in [0.2, 0.25) is 11.7 Å². The van der Waals surface area contributed by atoms with Gasteiger partial charge in [-0.2, -0.15) is 23.1 Å². The van der Waals surface area contributed by atoms with Crippen molar-refractivity contribution in [3.05, 3.63) is 29.7 Å². The number of aliphatic imine (C=N–C) groups is 1. The topological polar surface area (TPSA) is 116 Å². The molecule has 1 amide bonds. The number of alkyl halides is 3. The largest absolute Gasteiger partial charge is 0.493 e. The van der Waals surface area contributed by atoms with Crippen LogP contribution in [0.1, 0.15) is 75.8 Å². The van der Waals surface area contributed by atoms with Crippen LogP contribution in [0.5, 0.6) is 5.75 Å². The zero-order chi connectivity index (χ0) is 27.3. The summed E-state index contributed by atoms with van der Waals surface area (Å²) >= 11 is 0. The summed E-state index contributed by atoms with van der Waals surface area (Å²) in [6.07, 6.45) is 2.50. The fraction of sp³-hybridized carbons (Fsp3) is 0.615. The quantitative estimate of drug-likeness (QED) is 0.365. The molecule has 1 aromatic carbocycles. The number of rotatable bonds is 8. The van der Waals surface area contributed by atoms with Gasteiger partial charge in [-0.3, -0.25) is 4.79 Å². The molecule has 12 heteroatoms. The van der Waals surface area contributed by atoms with E-state index in [9.17, 15) is 18.0 Å². The summed E-state index contributed by atoms with van der Waals surface area (Å²) in [5.74, 6) is -0.0275. The number of amides is 1. The second-order valence-electron chi connectivity index (χ2n) is 9.84. The van der Waals surface area contributed by atoms with E-state index in [-0.39, 0.29) is 35.6 Å². The zero-order valence-corrected chi connectivity index (χ0v) is 21.7. The van der Waals surface area contributed by atoms with Gasteiger partial charge in [-0.15, -0.1) is 0 Å². The summed E-state index contributed by atoms with van der Waals surface area (Å²) < 4.78 is 57.6. The number of hydrogen-bond acceptors (Lipinski definition) is 6. The molecule has 2 heterocycles. The molecule has 1 aromatic heterocycles. The van der Waals surface area contributed by atoms with E-state index in [0.717, 1.165) is 31.7 Å². The second-order valence-corrected chi connectivity index (χ2v) is 9.84. The van der Waals surface area contributed by atoms with Crippen LogP contribution in [0.25, 0.3) is 11.4 Å². The monoisotopic (exact) mass is 537 g/mol. The molecule has 2 aromatic rings. The number of nitrogens with zero attached hydrogens (tertiary/aromatic N) is 4. The van der Waals surface area contributed by atoms with Crippen molar-refractivity contribution in [1.82, 2.24) is 15.0 Å². The predicted molar refractivity (Wildman–Crippen MR) is 133 cm³/mol. The number of guanidine groups is 1. The van der Waals surface area contributed by atoms with E-state index in [0.29, 0.717) is 18.9 Å². The highest BCUT2D eigenvalue weighted by Gasteiger charge is 2.36. The third-order valence-corrected chi connectivity index (χ3v) is 7.25. The van der Waals surface area contributed by atoms with Crippen LogP contribution in [0.2, 0.25) is 0 Å². The third kappa shape index (κ3) is 6.64. The van der Waals surface area contributed by atoms with Gasteiger partial charge in [0.05, 0.1) is 12.2 Å². The average molecular weight is 538 g/mol. The first-order valence-corrected chi connectivity index (χ1v) is 13.0. The third-order valence-electron chi connectivity index (χ3n) is 7.25. The highest BCUT2D eigenvalue weighted by Crippen LogP contribution is 2.39. The van der Waals surface area contributed by atoms with Gasteiger partial charge in [-0.25, -0.2) is 0 Å². The van der Waals surface area contributed by atoms with Gasteiger partial charge in [0, 0.05) is 19.2 Å². The molecule has 1 saturated heterocycles. The van der Waals surface area contributed by atoms with E-state index in [1.54, 1.807) is 11.8 Å². The minimum absolute atomic E-state index is 0.00441. The number of ether oxygens (including phenoxy) is 2. The molecule has 1 aliphatic heterocycles. The molecule has 0 radical (unpaired) electrons. The first kappa shape index (κ1) is 27.9. The molecular weight excluding hydrogens is 503 g/mol. The van der Waals surface area contributed by atoms with Gasteiger partial charge in [-0.05, 0) is 50.3 Å². The first-order valence-electron chi connectivity index (χ1n) is 13.0. The van der Waals surface area contributed by atoms with Crippen LogP contribution >= 0.6 is 0 Å². The Bertz CT molecular complexity index is 1130. The minimum Gasteiger partial charge on any atom is -0.493 e. The van der Waals surface area contributed by atoms with E-state index >= 15 is 0 Å². The van der Waals surface area contributed by atoms with Crippen molar-refractivity contribution in [2.75, 3.05) is 20.3 Å². The normalized spacial score (nSPS) is 20.1. The van der Waals surface area contributed by atoms with E-state index in [4.69, 9.17) is 19.7 Å². The van der Waals surface area contributed by atoms with Gasteiger partial charge in [0.25, 0.3) is 5.91 Å².